The van der Waals surface area contributed by atoms with Crippen LogP contribution in [0.3, 0.4) is 0 Å². The van der Waals surface area contributed by atoms with Gasteiger partial charge >= 0.3 is 5.97 Å². The van der Waals surface area contributed by atoms with Gasteiger partial charge in [0, 0.05) is 12.5 Å². The zero-order valence-electron chi connectivity index (χ0n) is 8.29. The SMILES string of the molecule is O=C(O)CCNC(=O)C1CCCCC1. The van der Waals surface area contributed by atoms with Crippen molar-refractivity contribution in [3.63, 3.8) is 0 Å². The molecule has 1 aliphatic carbocycles. The van der Waals surface area contributed by atoms with Crippen LogP contribution in [0.2, 0.25) is 0 Å². The van der Waals surface area contributed by atoms with Crippen LogP contribution >= 0.6 is 0 Å². The van der Waals surface area contributed by atoms with E-state index in [9.17, 15) is 9.59 Å². The van der Waals surface area contributed by atoms with E-state index in [2.05, 4.69) is 5.32 Å². The summed E-state index contributed by atoms with van der Waals surface area (Å²) in [7, 11) is 0. The van der Waals surface area contributed by atoms with Crippen LogP contribution in [0.15, 0.2) is 0 Å². The summed E-state index contributed by atoms with van der Waals surface area (Å²) in [6.07, 6.45) is 5.39. The molecule has 0 atom stereocenters. The van der Waals surface area contributed by atoms with Crippen molar-refractivity contribution in [3.05, 3.63) is 0 Å². The molecule has 0 unspecified atom stereocenters. The number of nitrogens with one attached hydrogen (secondary N) is 1. The number of hydrogen-bond donors (Lipinski definition) is 2. The topological polar surface area (TPSA) is 66.4 Å². The van der Waals surface area contributed by atoms with E-state index in [4.69, 9.17) is 5.11 Å². The highest BCUT2D eigenvalue weighted by Gasteiger charge is 2.20. The highest BCUT2D eigenvalue weighted by atomic mass is 16.4. The molecule has 14 heavy (non-hydrogen) atoms. The molecule has 1 fully saturated rings. The molecule has 2 N–H and O–H groups in total. The monoisotopic (exact) mass is 199 g/mol. The van der Waals surface area contributed by atoms with Crippen LogP contribution in [0, 0.1) is 5.92 Å². The van der Waals surface area contributed by atoms with Crippen LogP contribution in [-0.2, 0) is 9.59 Å². The van der Waals surface area contributed by atoms with Gasteiger partial charge in [0.1, 0.15) is 0 Å². The number of carboxylic acids is 1. The molecule has 1 saturated carbocycles. The first-order valence-corrected chi connectivity index (χ1v) is 5.19. The number of rotatable bonds is 4. The van der Waals surface area contributed by atoms with Gasteiger partial charge in [-0.2, -0.15) is 0 Å². The zero-order chi connectivity index (χ0) is 10.4. The second kappa shape index (κ2) is 5.62. The van der Waals surface area contributed by atoms with E-state index in [1.165, 1.54) is 6.42 Å². The normalized spacial score (nSPS) is 17.7. The lowest BCUT2D eigenvalue weighted by Gasteiger charge is -2.20. The van der Waals surface area contributed by atoms with Gasteiger partial charge in [0.2, 0.25) is 5.91 Å². The minimum Gasteiger partial charge on any atom is -0.481 e. The highest BCUT2D eigenvalue weighted by Crippen LogP contribution is 2.23. The van der Waals surface area contributed by atoms with Crippen LogP contribution in [0.1, 0.15) is 38.5 Å². The van der Waals surface area contributed by atoms with Gasteiger partial charge in [-0.3, -0.25) is 9.59 Å². The Hall–Kier alpha value is -1.06. The predicted molar refractivity (Wildman–Crippen MR) is 51.8 cm³/mol. The number of carbonyl (C=O) groups excluding carboxylic acids is 1. The first-order chi connectivity index (χ1) is 6.70. The number of carbonyl (C=O) groups is 2. The molecular weight excluding hydrogens is 182 g/mol. The van der Waals surface area contributed by atoms with Crippen molar-refractivity contribution in [2.75, 3.05) is 6.54 Å². The molecular formula is C10H17NO3. The summed E-state index contributed by atoms with van der Waals surface area (Å²) in [5.74, 6) is -0.711. The maximum Gasteiger partial charge on any atom is 0.305 e. The predicted octanol–water partition coefficient (Wildman–Crippen LogP) is 1.16. The van der Waals surface area contributed by atoms with Crippen LogP contribution < -0.4 is 5.32 Å². The van der Waals surface area contributed by atoms with Crippen LogP contribution in [0.4, 0.5) is 0 Å². The standard InChI is InChI=1S/C10H17NO3/c12-9(13)6-7-11-10(14)8-4-2-1-3-5-8/h8H,1-7H2,(H,11,14)(H,12,13). The molecule has 80 valence electrons. The summed E-state index contributed by atoms with van der Waals surface area (Å²) in [5, 5.41) is 11.0. The third-order valence-corrected chi connectivity index (χ3v) is 2.61. The Morgan fingerprint density at radius 3 is 2.43 bits per heavy atom. The molecule has 0 radical (unpaired) electrons. The van der Waals surface area contributed by atoms with E-state index in [-0.39, 0.29) is 24.8 Å². The lowest BCUT2D eigenvalue weighted by atomic mass is 9.89. The fraction of sp³-hybridized carbons (Fsp3) is 0.800. The first-order valence-electron chi connectivity index (χ1n) is 5.19. The van der Waals surface area contributed by atoms with Gasteiger partial charge < -0.3 is 10.4 Å². The summed E-state index contributed by atoms with van der Waals surface area (Å²) in [5.41, 5.74) is 0. The van der Waals surface area contributed by atoms with Gasteiger partial charge in [0.15, 0.2) is 0 Å². The van der Waals surface area contributed by atoms with Crippen molar-refractivity contribution >= 4 is 11.9 Å². The molecule has 1 rings (SSSR count). The van der Waals surface area contributed by atoms with Crippen molar-refractivity contribution in [1.29, 1.82) is 0 Å². The van der Waals surface area contributed by atoms with E-state index in [1.807, 2.05) is 0 Å². The summed E-state index contributed by atoms with van der Waals surface area (Å²) < 4.78 is 0. The molecule has 0 aromatic rings. The van der Waals surface area contributed by atoms with Crippen molar-refractivity contribution in [1.82, 2.24) is 5.32 Å². The van der Waals surface area contributed by atoms with Gasteiger partial charge in [-0.25, -0.2) is 0 Å². The number of amides is 1. The Bertz CT molecular complexity index is 209. The lowest BCUT2D eigenvalue weighted by Crippen LogP contribution is -2.33. The smallest absolute Gasteiger partial charge is 0.305 e. The average Bonchev–Trinajstić information content (AvgIpc) is 2.18. The fourth-order valence-corrected chi connectivity index (χ4v) is 1.80. The third-order valence-electron chi connectivity index (χ3n) is 2.61. The van der Waals surface area contributed by atoms with Gasteiger partial charge in [0.05, 0.1) is 6.42 Å². The minimum absolute atomic E-state index is 0.0124. The molecule has 0 heterocycles. The van der Waals surface area contributed by atoms with Crippen LogP contribution in [-0.4, -0.2) is 23.5 Å². The van der Waals surface area contributed by atoms with Crippen molar-refractivity contribution in [2.45, 2.75) is 38.5 Å². The second-order valence-corrected chi connectivity index (χ2v) is 3.77. The quantitative estimate of drug-likeness (QED) is 0.714. The van der Waals surface area contributed by atoms with Gasteiger partial charge in [0.25, 0.3) is 0 Å². The molecule has 4 nitrogen and oxygen atoms in total. The molecule has 0 bridgehead atoms. The maximum absolute atomic E-state index is 11.5. The summed E-state index contributed by atoms with van der Waals surface area (Å²) in [4.78, 5) is 21.7. The largest absolute Gasteiger partial charge is 0.481 e. The fourth-order valence-electron chi connectivity index (χ4n) is 1.80. The molecule has 0 aromatic carbocycles. The number of hydrogen-bond acceptors (Lipinski definition) is 2. The Balaban J connectivity index is 2.16. The molecule has 1 aliphatic rings. The van der Waals surface area contributed by atoms with Crippen molar-refractivity contribution in [3.8, 4) is 0 Å². The Morgan fingerprint density at radius 1 is 1.21 bits per heavy atom. The third kappa shape index (κ3) is 3.77. The van der Waals surface area contributed by atoms with E-state index in [1.54, 1.807) is 0 Å². The molecule has 0 aliphatic heterocycles. The van der Waals surface area contributed by atoms with Crippen LogP contribution in [0.5, 0.6) is 0 Å². The van der Waals surface area contributed by atoms with Crippen molar-refractivity contribution < 1.29 is 14.7 Å². The summed E-state index contributed by atoms with van der Waals surface area (Å²) >= 11 is 0. The lowest BCUT2D eigenvalue weighted by molar-refractivity contribution is -0.137. The van der Waals surface area contributed by atoms with Crippen LogP contribution in [0.25, 0.3) is 0 Å². The van der Waals surface area contributed by atoms with E-state index >= 15 is 0 Å². The molecule has 4 heteroatoms. The van der Waals surface area contributed by atoms with Crippen molar-refractivity contribution in [2.24, 2.45) is 5.92 Å². The number of carboxylic acid groups (broad SMARTS) is 1. The number of aliphatic carboxylic acids is 1. The van der Waals surface area contributed by atoms with E-state index in [0.717, 1.165) is 25.7 Å². The molecule has 0 aromatic heterocycles. The van der Waals surface area contributed by atoms with E-state index in [0.29, 0.717) is 0 Å². The molecule has 0 saturated heterocycles. The molecule has 1 amide bonds. The Morgan fingerprint density at radius 2 is 1.86 bits per heavy atom. The second-order valence-electron chi connectivity index (χ2n) is 3.77. The van der Waals surface area contributed by atoms with Gasteiger partial charge in [-0.1, -0.05) is 19.3 Å². The molecule has 0 spiro atoms. The summed E-state index contributed by atoms with van der Waals surface area (Å²) in [6, 6.07) is 0. The Labute approximate surface area is 83.7 Å². The minimum atomic E-state index is -0.867. The van der Waals surface area contributed by atoms with Gasteiger partial charge in [-0.05, 0) is 12.8 Å². The Kier molecular flexibility index (Phi) is 4.43. The first kappa shape index (κ1) is 11.0. The van der Waals surface area contributed by atoms with E-state index < -0.39 is 5.97 Å². The van der Waals surface area contributed by atoms with Gasteiger partial charge in [-0.15, -0.1) is 0 Å². The maximum atomic E-state index is 11.5. The zero-order valence-corrected chi connectivity index (χ0v) is 8.29. The summed E-state index contributed by atoms with van der Waals surface area (Å²) in [6.45, 7) is 0.255. The highest BCUT2D eigenvalue weighted by molar-refractivity contribution is 5.79. The average molecular weight is 199 g/mol.